The van der Waals surface area contributed by atoms with Gasteiger partial charge >= 0.3 is 0 Å². The first-order valence-corrected chi connectivity index (χ1v) is 9.25. The molecule has 4 aromatic rings. The van der Waals surface area contributed by atoms with E-state index in [9.17, 15) is 14.0 Å². The summed E-state index contributed by atoms with van der Waals surface area (Å²) in [6, 6.07) is 11.3. The Morgan fingerprint density at radius 1 is 1.03 bits per heavy atom. The molecule has 1 unspecified atom stereocenters. The molecule has 1 atom stereocenters. The van der Waals surface area contributed by atoms with Gasteiger partial charge in [0.2, 0.25) is 11.8 Å². The van der Waals surface area contributed by atoms with Crippen LogP contribution in [0.25, 0.3) is 21.8 Å². The average Bonchev–Trinajstić information content (AvgIpc) is 3.29. The van der Waals surface area contributed by atoms with Gasteiger partial charge in [-0.2, -0.15) is 0 Å². The van der Waals surface area contributed by atoms with Crippen molar-refractivity contribution >= 4 is 33.6 Å². The molecule has 2 amide bonds. The quantitative estimate of drug-likeness (QED) is 0.389. The average molecular weight is 391 g/mol. The first-order chi connectivity index (χ1) is 14.0. The molecule has 0 aliphatic rings. The topological polar surface area (TPSA) is 104 Å². The summed E-state index contributed by atoms with van der Waals surface area (Å²) in [5.74, 6) is -1.40. The molecule has 0 aliphatic heterocycles. The number of halogens is 1. The zero-order chi connectivity index (χ0) is 20.4. The Hall–Kier alpha value is -3.61. The standard InChI is InChI=1S/C22H20FN4O2/c23-15-6-7-19-17(10-15)14(12-26-19)9-20(22(24)29)27-21(28)8-5-13-11-25-18-4-2-1-3-16(13)18/h1-4,6-8,10-12,20,25-26H,5,9H2,(H2,24,29)(H,27,28). The molecule has 7 heteroatoms. The number of primary amides is 1. The lowest BCUT2D eigenvalue weighted by Gasteiger charge is -2.15. The van der Waals surface area contributed by atoms with Crippen molar-refractivity contribution in [3.05, 3.63) is 78.2 Å². The molecule has 2 heterocycles. The van der Waals surface area contributed by atoms with Crippen LogP contribution in [0.5, 0.6) is 0 Å². The first kappa shape index (κ1) is 18.7. The summed E-state index contributed by atoms with van der Waals surface area (Å²) in [6.45, 7) is 0. The van der Waals surface area contributed by atoms with Gasteiger partial charge in [0.25, 0.3) is 0 Å². The molecule has 2 aromatic carbocycles. The second-order valence-corrected chi connectivity index (χ2v) is 6.94. The number of carbonyl (C=O) groups is 2. The highest BCUT2D eigenvalue weighted by molar-refractivity contribution is 5.92. The van der Waals surface area contributed by atoms with Gasteiger partial charge in [0.05, 0.1) is 6.42 Å². The summed E-state index contributed by atoms with van der Waals surface area (Å²) in [5.41, 5.74) is 8.93. The number of hydrogen-bond acceptors (Lipinski definition) is 2. The van der Waals surface area contributed by atoms with Crippen LogP contribution in [0.4, 0.5) is 4.39 Å². The molecule has 4 rings (SSSR count). The number of amides is 2. The maximum atomic E-state index is 13.6. The van der Waals surface area contributed by atoms with Crippen molar-refractivity contribution in [3.63, 3.8) is 0 Å². The fraction of sp³-hybridized carbons (Fsp3) is 0.136. The van der Waals surface area contributed by atoms with Crippen molar-refractivity contribution in [1.29, 1.82) is 0 Å². The Balaban J connectivity index is 1.43. The van der Waals surface area contributed by atoms with E-state index >= 15 is 0 Å². The lowest BCUT2D eigenvalue weighted by atomic mass is 10.0. The molecule has 0 bridgehead atoms. The highest BCUT2D eigenvalue weighted by Crippen LogP contribution is 2.21. The van der Waals surface area contributed by atoms with Crippen LogP contribution in [0.1, 0.15) is 11.1 Å². The number of aromatic amines is 2. The van der Waals surface area contributed by atoms with Crippen LogP contribution >= 0.6 is 0 Å². The predicted octanol–water partition coefficient (Wildman–Crippen LogP) is 2.75. The van der Waals surface area contributed by atoms with Gasteiger partial charge in [0.15, 0.2) is 0 Å². The van der Waals surface area contributed by atoms with E-state index in [0.717, 1.165) is 22.0 Å². The van der Waals surface area contributed by atoms with Gasteiger partial charge in [-0.05, 0) is 41.8 Å². The minimum absolute atomic E-state index is 0.172. The van der Waals surface area contributed by atoms with Gasteiger partial charge in [-0.25, -0.2) is 4.39 Å². The maximum absolute atomic E-state index is 13.6. The van der Waals surface area contributed by atoms with E-state index in [1.807, 2.05) is 30.5 Å². The fourth-order valence-electron chi connectivity index (χ4n) is 3.50. The number of benzene rings is 2. The van der Waals surface area contributed by atoms with Crippen LogP contribution in [0, 0.1) is 12.2 Å². The van der Waals surface area contributed by atoms with Crippen molar-refractivity contribution in [2.24, 2.45) is 5.73 Å². The molecule has 0 saturated heterocycles. The largest absolute Gasteiger partial charge is 0.368 e. The predicted molar refractivity (Wildman–Crippen MR) is 109 cm³/mol. The Kier molecular flexibility index (Phi) is 5.03. The number of nitrogens with one attached hydrogen (secondary N) is 3. The summed E-state index contributed by atoms with van der Waals surface area (Å²) in [4.78, 5) is 30.5. The van der Waals surface area contributed by atoms with E-state index in [1.54, 1.807) is 12.3 Å². The zero-order valence-electron chi connectivity index (χ0n) is 15.5. The Morgan fingerprint density at radius 3 is 2.55 bits per heavy atom. The van der Waals surface area contributed by atoms with E-state index in [-0.39, 0.29) is 18.1 Å². The van der Waals surface area contributed by atoms with E-state index < -0.39 is 11.9 Å². The number of fused-ring (bicyclic) bond motifs is 2. The number of H-pyrrole nitrogens is 2. The third-order valence-electron chi connectivity index (χ3n) is 5.00. The van der Waals surface area contributed by atoms with Crippen LogP contribution in [0.2, 0.25) is 0 Å². The SMILES string of the molecule is NC(=O)C(Cc1c[nH]c2ccc(F)cc12)NC(=O)[CH]Cc1c[nH]c2ccccc12. The van der Waals surface area contributed by atoms with Crippen LogP contribution in [0.3, 0.4) is 0 Å². The van der Waals surface area contributed by atoms with Crippen LogP contribution in [0.15, 0.2) is 54.9 Å². The fourth-order valence-corrected chi connectivity index (χ4v) is 3.50. The summed E-state index contributed by atoms with van der Waals surface area (Å²) in [6.07, 6.45) is 5.63. The number of hydrogen-bond donors (Lipinski definition) is 4. The number of para-hydroxylation sites is 1. The molecule has 29 heavy (non-hydrogen) atoms. The van der Waals surface area contributed by atoms with Crippen LogP contribution in [-0.4, -0.2) is 27.8 Å². The Bertz CT molecular complexity index is 1190. The monoisotopic (exact) mass is 391 g/mol. The van der Waals surface area contributed by atoms with Gasteiger partial charge in [-0.3, -0.25) is 9.59 Å². The van der Waals surface area contributed by atoms with Crippen molar-refractivity contribution in [1.82, 2.24) is 15.3 Å². The molecular weight excluding hydrogens is 371 g/mol. The molecular formula is C22H20FN4O2. The maximum Gasteiger partial charge on any atom is 0.240 e. The second-order valence-electron chi connectivity index (χ2n) is 6.94. The van der Waals surface area contributed by atoms with Gasteiger partial charge in [-0.1, -0.05) is 18.2 Å². The molecule has 2 aromatic heterocycles. The lowest BCUT2D eigenvalue weighted by Crippen LogP contribution is -2.46. The molecule has 0 aliphatic carbocycles. The number of carbonyl (C=O) groups excluding carboxylic acids is 2. The molecule has 6 nitrogen and oxygen atoms in total. The molecule has 1 radical (unpaired) electrons. The first-order valence-electron chi connectivity index (χ1n) is 9.25. The van der Waals surface area contributed by atoms with Crippen molar-refractivity contribution in [2.45, 2.75) is 18.9 Å². The zero-order valence-corrected chi connectivity index (χ0v) is 15.5. The van der Waals surface area contributed by atoms with Crippen LogP contribution < -0.4 is 11.1 Å². The Morgan fingerprint density at radius 2 is 1.76 bits per heavy atom. The molecule has 0 spiro atoms. The molecule has 147 valence electrons. The van der Waals surface area contributed by atoms with E-state index in [2.05, 4.69) is 15.3 Å². The highest BCUT2D eigenvalue weighted by Gasteiger charge is 2.20. The van der Waals surface area contributed by atoms with Crippen molar-refractivity contribution < 1.29 is 14.0 Å². The molecule has 0 fully saturated rings. The second kappa shape index (κ2) is 7.79. The minimum atomic E-state index is -0.899. The third kappa shape index (κ3) is 3.99. The van der Waals surface area contributed by atoms with Crippen LogP contribution in [-0.2, 0) is 22.4 Å². The third-order valence-corrected chi connectivity index (χ3v) is 5.00. The highest BCUT2D eigenvalue weighted by atomic mass is 19.1. The van der Waals surface area contributed by atoms with Gasteiger partial charge < -0.3 is 21.0 Å². The normalized spacial score (nSPS) is 12.3. The van der Waals surface area contributed by atoms with Crippen molar-refractivity contribution in [3.8, 4) is 0 Å². The lowest BCUT2D eigenvalue weighted by molar-refractivity contribution is -0.125. The summed E-state index contributed by atoms with van der Waals surface area (Å²) >= 11 is 0. The number of aromatic nitrogens is 2. The van der Waals surface area contributed by atoms with Gasteiger partial charge in [-0.15, -0.1) is 0 Å². The minimum Gasteiger partial charge on any atom is -0.368 e. The van der Waals surface area contributed by atoms with Gasteiger partial charge in [0, 0.05) is 40.6 Å². The van der Waals surface area contributed by atoms with Crippen molar-refractivity contribution in [2.75, 3.05) is 0 Å². The molecule has 5 N–H and O–H groups in total. The Labute approximate surface area is 166 Å². The summed E-state index contributed by atoms with van der Waals surface area (Å²) in [7, 11) is 0. The molecule has 0 saturated carbocycles. The van der Waals surface area contributed by atoms with E-state index in [1.165, 1.54) is 18.6 Å². The summed E-state index contributed by atoms with van der Waals surface area (Å²) < 4.78 is 13.6. The number of rotatable bonds is 7. The van der Waals surface area contributed by atoms with Gasteiger partial charge in [0.1, 0.15) is 11.9 Å². The van der Waals surface area contributed by atoms with E-state index in [0.29, 0.717) is 17.4 Å². The smallest absolute Gasteiger partial charge is 0.240 e. The number of nitrogens with two attached hydrogens (primary N) is 1. The van der Waals surface area contributed by atoms with E-state index in [4.69, 9.17) is 5.73 Å². The summed E-state index contributed by atoms with van der Waals surface area (Å²) in [5, 5.41) is 4.36.